The van der Waals surface area contributed by atoms with Gasteiger partial charge in [-0.15, -0.1) is 16.8 Å². The van der Waals surface area contributed by atoms with Crippen molar-refractivity contribution < 1.29 is 13.2 Å². The average Bonchev–Trinajstić information content (AvgIpc) is 3.47. The largest absolute Gasteiger partial charge is 0.341 e. The van der Waals surface area contributed by atoms with Gasteiger partial charge in [-0.1, -0.05) is 48.2 Å². The van der Waals surface area contributed by atoms with E-state index in [0.29, 0.717) is 29.5 Å². The van der Waals surface area contributed by atoms with Crippen LogP contribution in [0.4, 0.5) is 0 Å². The zero-order chi connectivity index (χ0) is 24.5. The smallest absolute Gasteiger partial charge is 0.191 e. The van der Waals surface area contributed by atoms with Crippen LogP contribution < -0.4 is 0 Å². The number of carbonyl (C=O) groups excluding carboxylic acids is 1. The van der Waals surface area contributed by atoms with Gasteiger partial charge in [0.05, 0.1) is 23.3 Å². The SMILES string of the molecule is C=CCn1c(SCC(=O)c2cc(C)n(C(C)c3ccccc3)c2C)nnc1C1CCS(=O)(=O)C1. The van der Waals surface area contributed by atoms with E-state index in [2.05, 4.69) is 40.4 Å². The molecule has 2 unspecified atom stereocenters. The van der Waals surface area contributed by atoms with Crippen molar-refractivity contribution in [2.45, 2.75) is 50.9 Å². The molecule has 0 amide bonds. The van der Waals surface area contributed by atoms with Gasteiger partial charge in [0, 0.05) is 29.4 Å². The molecule has 0 N–H and O–H groups in total. The van der Waals surface area contributed by atoms with Gasteiger partial charge in [0.2, 0.25) is 0 Å². The van der Waals surface area contributed by atoms with Crippen LogP contribution in [0.3, 0.4) is 0 Å². The van der Waals surface area contributed by atoms with Crippen LogP contribution in [0.25, 0.3) is 0 Å². The van der Waals surface area contributed by atoms with E-state index in [1.54, 1.807) is 6.08 Å². The third kappa shape index (κ3) is 4.90. The fourth-order valence-electron chi connectivity index (χ4n) is 4.75. The summed E-state index contributed by atoms with van der Waals surface area (Å²) in [5.41, 5.74) is 3.90. The number of hydrogen-bond donors (Lipinski definition) is 0. The highest BCUT2D eigenvalue weighted by Crippen LogP contribution is 2.31. The quantitative estimate of drug-likeness (QED) is 0.247. The molecular formula is C25H30N4O3S2. The number of Topliss-reactive ketones (excluding diaryl/α,β-unsaturated/α-hetero) is 1. The van der Waals surface area contributed by atoms with Crippen LogP contribution in [0.5, 0.6) is 0 Å². The van der Waals surface area contributed by atoms with E-state index in [9.17, 15) is 13.2 Å². The second kappa shape index (κ2) is 9.92. The molecule has 0 bridgehead atoms. The molecule has 1 aromatic carbocycles. The Hall–Kier alpha value is -2.65. The van der Waals surface area contributed by atoms with Crippen LogP contribution in [-0.4, -0.2) is 50.8 Å². The van der Waals surface area contributed by atoms with Gasteiger partial charge in [-0.25, -0.2) is 8.42 Å². The van der Waals surface area contributed by atoms with Crippen molar-refractivity contribution in [3.63, 3.8) is 0 Å². The lowest BCUT2D eigenvalue weighted by Crippen LogP contribution is -2.13. The van der Waals surface area contributed by atoms with E-state index in [-0.39, 0.29) is 35.0 Å². The summed E-state index contributed by atoms with van der Waals surface area (Å²) in [5, 5.41) is 9.18. The average molecular weight is 499 g/mol. The lowest BCUT2D eigenvalue weighted by Gasteiger charge is -2.19. The predicted octanol–water partition coefficient (Wildman–Crippen LogP) is 4.37. The molecule has 2 atom stereocenters. The molecule has 0 saturated carbocycles. The Kier molecular flexibility index (Phi) is 7.14. The summed E-state index contributed by atoms with van der Waals surface area (Å²) < 4.78 is 28.0. The van der Waals surface area contributed by atoms with E-state index in [1.165, 1.54) is 17.3 Å². The van der Waals surface area contributed by atoms with Crippen LogP contribution in [0.1, 0.15) is 58.4 Å². The number of ketones is 1. The minimum atomic E-state index is -3.03. The van der Waals surface area contributed by atoms with E-state index in [4.69, 9.17) is 0 Å². The molecule has 2 aromatic heterocycles. The summed E-state index contributed by atoms with van der Waals surface area (Å²) in [6.07, 6.45) is 2.29. The van der Waals surface area contributed by atoms with Gasteiger partial charge in [-0.2, -0.15) is 0 Å². The van der Waals surface area contributed by atoms with E-state index < -0.39 is 9.84 Å². The molecule has 1 aliphatic rings. The zero-order valence-electron chi connectivity index (χ0n) is 19.8. The monoisotopic (exact) mass is 498 g/mol. The van der Waals surface area contributed by atoms with Gasteiger partial charge in [-0.3, -0.25) is 4.79 Å². The third-order valence-electron chi connectivity index (χ3n) is 6.44. The molecule has 0 aliphatic carbocycles. The molecule has 3 aromatic rings. The van der Waals surface area contributed by atoms with Gasteiger partial charge in [0.25, 0.3) is 0 Å². The number of allylic oxidation sites excluding steroid dienone is 1. The number of aromatic nitrogens is 4. The van der Waals surface area contributed by atoms with Crippen LogP contribution >= 0.6 is 11.8 Å². The third-order valence-corrected chi connectivity index (χ3v) is 9.18. The molecule has 7 nitrogen and oxygen atoms in total. The van der Waals surface area contributed by atoms with Crippen molar-refractivity contribution in [2.75, 3.05) is 17.3 Å². The van der Waals surface area contributed by atoms with Crippen LogP contribution in [0.2, 0.25) is 0 Å². The van der Waals surface area contributed by atoms with E-state index >= 15 is 0 Å². The van der Waals surface area contributed by atoms with Crippen molar-refractivity contribution in [3.8, 4) is 0 Å². The molecule has 1 saturated heterocycles. The van der Waals surface area contributed by atoms with Crippen LogP contribution in [0.15, 0.2) is 54.2 Å². The maximum Gasteiger partial charge on any atom is 0.191 e. The standard InChI is InChI=1S/C25H30N4O3S2/c1-5-12-28-24(21-11-13-34(31,32)16-21)26-27-25(28)33-15-23(30)22-14-17(2)29(19(22)4)18(3)20-9-7-6-8-10-20/h5-10,14,18,21H,1,11-13,15-16H2,2-4H3. The highest BCUT2D eigenvalue weighted by molar-refractivity contribution is 7.99. The summed E-state index contributed by atoms with van der Waals surface area (Å²) in [7, 11) is -3.03. The Bertz CT molecular complexity index is 1310. The number of rotatable bonds is 9. The fourth-order valence-corrected chi connectivity index (χ4v) is 7.33. The van der Waals surface area contributed by atoms with Crippen molar-refractivity contribution in [2.24, 2.45) is 0 Å². The maximum absolute atomic E-state index is 13.2. The van der Waals surface area contributed by atoms with Gasteiger partial charge in [0.1, 0.15) is 5.82 Å². The number of thioether (sulfide) groups is 1. The normalized spacial score (nSPS) is 18.1. The van der Waals surface area contributed by atoms with Gasteiger partial charge < -0.3 is 9.13 Å². The predicted molar refractivity (Wildman–Crippen MR) is 135 cm³/mol. The molecule has 1 fully saturated rings. The second-order valence-corrected chi connectivity index (χ2v) is 12.0. The summed E-state index contributed by atoms with van der Waals surface area (Å²) in [6, 6.07) is 12.3. The van der Waals surface area contributed by atoms with Crippen molar-refractivity contribution in [3.05, 3.63) is 77.4 Å². The number of hydrogen-bond acceptors (Lipinski definition) is 6. The van der Waals surface area contributed by atoms with Crippen molar-refractivity contribution >= 4 is 27.4 Å². The second-order valence-electron chi connectivity index (χ2n) is 8.79. The molecule has 34 heavy (non-hydrogen) atoms. The fraction of sp³-hybridized carbons (Fsp3) is 0.400. The van der Waals surface area contributed by atoms with Crippen molar-refractivity contribution in [1.82, 2.24) is 19.3 Å². The number of carbonyl (C=O) groups is 1. The lowest BCUT2D eigenvalue weighted by atomic mass is 10.1. The number of aryl methyl sites for hydroxylation is 1. The first-order chi connectivity index (χ1) is 16.2. The first-order valence-electron chi connectivity index (χ1n) is 11.4. The molecule has 0 spiro atoms. The topological polar surface area (TPSA) is 86.8 Å². The Balaban J connectivity index is 1.52. The minimum absolute atomic E-state index is 0.0303. The first kappa shape index (κ1) is 24.5. The Morgan fingerprint density at radius 1 is 1.26 bits per heavy atom. The summed E-state index contributed by atoms with van der Waals surface area (Å²) in [6.45, 7) is 10.4. The number of benzene rings is 1. The van der Waals surface area contributed by atoms with Gasteiger partial charge >= 0.3 is 0 Å². The Morgan fingerprint density at radius 2 is 2.00 bits per heavy atom. The number of sulfone groups is 1. The first-order valence-corrected chi connectivity index (χ1v) is 14.2. The lowest BCUT2D eigenvalue weighted by molar-refractivity contribution is 0.102. The summed E-state index contributed by atoms with van der Waals surface area (Å²) in [4.78, 5) is 13.2. The molecular weight excluding hydrogens is 468 g/mol. The molecule has 9 heteroatoms. The van der Waals surface area contributed by atoms with E-state index in [0.717, 1.165) is 11.4 Å². The van der Waals surface area contributed by atoms with Crippen LogP contribution in [-0.2, 0) is 16.4 Å². The minimum Gasteiger partial charge on any atom is -0.341 e. The number of nitrogens with zero attached hydrogens (tertiary/aromatic N) is 4. The van der Waals surface area contributed by atoms with Crippen molar-refractivity contribution in [1.29, 1.82) is 0 Å². The molecule has 1 aliphatic heterocycles. The molecule has 4 rings (SSSR count). The van der Waals surface area contributed by atoms with E-state index in [1.807, 2.05) is 42.7 Å². The summed E-state index contributed by atoms with van der Waals surface area (Å²) in [5.74, 6) is 1.02. The Labute approximate surface area is 205 Å². The molecule has 3 heterocycles. The highest BCUT2D eigenvalue weighted by atomic mass is 32.2. The van der Waals surface area contributed by atoms with Gasteiger partial charge in [0.15, 0.2) is 20.8 Å². The molecule has 0 radical (unpaired) electrons. The van der Waals surface area contributed by atoms with Crippen LogP contribution in [0, 0.1) is 13.8 Å². The van der Waals surface area contributed by atoms with Gasteiger partial charge in [-0.05, 0) is 38.8 Å². The highest BCUT2D eigenvalue weighted by Gasteiger charge is 2.33. The maximum atomic E-state index is 13.2. The zero-order valence-corrected chi connectivity index (χ0v) is 21.4. The summed E-state index contributed by atoms with van der Waals surface area (Å²) >= 11 is 1.33. The molecule has 180 valence electrons. The Morgan fingerprint density at radius 3 is 2.65 bits per heavy atom.